The first-order chi connectivity index (χ1) is 25.1. The lowest BCUT2D eigenvalue weighted by Gasteiger charge is -2.23. The average molecular weight is 739 g/mol. The van der Waals surface area contributed by atoms with Crippen molar-refractivity contribution in [1.29, 1.82) is 0 Å². The summed E-state index contributed by atoms with van der Waals surface area (Å²) in [6.07, 6.45) is 1.74. The molecular formula is C39H58N6O8. The summed E-state index contributed by atoms with van der Waals surface area (Å²) in [6, 6.07) is 11.8. The highest BCUT2D eigenvalue weighted by atomic mass is 16.5. The summed E-state index contributed by atoms with van der Waals surface area (Å²) in [7, 11) is 1.13. The molecule has 0 spiro atoms. The van der Waals surface area contributed by atoms with Gasteiger partial charge in [-0.15, -0.1) is 0 Å². The lowest BCUT2D eigenvalue weighted by atomic mass is 9.86. The second-order valence-electron chi connectivity index (χ2n) is 13.9. The number of benzene rings is 2. The molecule has 0 bridgehead atoms. The number of methoxy groups -OCH3 is 1. The van der Waals surface area contributed by atoms with Crippen molar-refractivity contribution in [2.75, 3.05) is 39.9 Å². The quantitative estimate of drug-likeness (QED) is 0.0815. The fraction of sp³-hybridized carbons (Fsp3) is 0.538. The Bertz CT molecular complexity index is 1490. The molecule has 0 saturated carbocycles. The van der Waals surface area contributed by atoms with E-state index in [4.69, 9.17) is 0 Å². The van der Waals surface area contributed by atoms with Gasteiger partial charge in [0.05, 0.1) is 20.3 Å². The van der Waals surface area contributed by atoms with Gasteiger partial charge in [-0.05, 0) is 74.5 Å². The van der Waals surface area contributed by atoms with Gasteiger partial charge in [0, 0.05) is 12.0 Å². The molecule has 14 heteroatoms. The molecule has 53 heavy (non-hydrogen) atoms. The molecule has 0 heterocycles. The van der Waals surface area contributed by atoms with Crippen molar-refractivity contribution in [3.05, 3.63) is 71.3 Å². The van der Waals surface area contributed by atoms with Crippen LogP contribution in [0, 0.1) is 0 Å². The van der Waals surface area contributed by atoms with Gasteiger partial charge in [0.2, 0.25) is 23.6 Å². The van der Waals surface area contributed by atoms with Gasteiger partial charge in [-0.2, -0.15) is 0 Å². The van der Waals surface area contributed by atoms with Crippen LogP contribution < -0.4 is 26.6 Å². The number of aliphatic hydroxyl groups excluding tert-OH is 1. The van der Waals surface area contributed by atoms with Crippen molar-refractivity contribution >= 4 is 35.5 Å². The number of carbonyl (C=O) groups is 6. The minimum absolute atomic E-state index is 0.0980. The topological polar surface area (TPSA) is 195 Å². The summed E-state index contributed by atoms with van der Waals surface area (Å²) in [5.74, 6) is -3.90. The van der Waals surface area contributed by atoms with E-state index in [2.05, 4.69) is 70.8 Å². The zero-order chi connectivity index (χ0) is 39.6. The summed E-state index contributed by atoms with van der Waals surface area (Å²) >= 11 is 0. The summed E-state index contributed by atoms with van der Waals surface area (Å²) in [4.78, 5) is 79.9. The molecule has 2 rings (SSSR count). The van der Waals surface area contributed by atoms with Crippen LogP contribution in [0.2, 0.25) is 0 Å². The third kappa shape index (κ3) is 15.4. The second kappa shape index (κ2) is 22.3. The van der Waals surface area contributed by atoms with E-state index < -0.39 is 72.8 Å². The lowest BCUT2D eigenvalue weighted by Crippen LogP contribution is -2.55. The fourth-order valence-corrected chi connectivity index (χ4v) is 5.45. The van der Waals surface area contributed by atoms with Crippen LogP contribution in [0.5, 0.6) is 0 Å². The minimum Gasteiger partial charge on any atom is -0.467 e. The maximum atomic E-state index is 13.5. The van der Waals surface area contributed by atoms with Crippen LogP contribution in [0.4, 0.5) is 0 Å². The highest BCUT2D eigenvalue weighted by molar-refractivity contribution is 5.99. The van der Waals surface area contributed by atoms with Crippen molar-refractivity contribution in [2.24, 2.45) is 0 Å². The molecule has 0 aliphatic carbocycles. The predicted molar refractivity (Wildman–Crippen MR) is 202 cm³/mol. The van der Waals surface area contributed by atoms with Crippen LogP contribution in [-0.2, 0) is 40.5 Å². The Morgan fingerprint density at radius 3 is 1.96 bits per heavy atom. The number of rotatable bonds is 21. The zero-order valence-electron chi connectivity index (χ0n) is 32.1. The number of hydrogen-bond donors (Lipinski definition) is 6. The molecule has 0 aliphatic rings. The van der Waals surface area contributed by atoms with E-state index >= 15 is 0 Å². The van der Waals surface area contributed by atoms with Crippen LogP contribution in [0.3, 0.4) is 0 Å². The number of ether oxygens (including phenoxy) is 1. The number of nitrogens with one attached hydrogen (secondary N) is 5. The maximum absolute atomic E-state index is 13.5. The van der Waals surface area contributed by atoms with E-state index in [1.165, 1.54) is 6.92 Å². The summed E-state index contributed by atoms with van der Waals surface area (Å²) in [6.45, 7) is 13.1. The first kappa shape index (κ1) is 44.3. The van der Waals surface area contributed by atoms with E-state index in [9.17, 15) is 33.9 Å². The van der Waals surface area contributed by atoms with Crippen LogP contribution in [-0.4, -0.2) is 110 Å². The number of unbranched alkanes of at least 4 members (excludes halogenated alkanes) is 1. The molecule has 4 atom stereocenters. The standard InChI is InChI=1S/C39H58N6O8/c1-8-45(9-2)22-14-13-17-30(36(50)44-32(25-46)38(52)53-7)42-33(47)24-40-34(48)26(3)41-37(51)31(23-27-15-11-10-12-16-27)43-35(49)28-18-20-29(21-19-28)39(4,5)6/h10-12,15-16,18-21,26,30-32,46H,8-9,13-14,17,22-25H2,1-7H3,(H,40,48)(H,41,51)(H,42,47)(H,43,49)(H,44,50)/t26-,30-,31?,32?/m0/s1. The molecule has 0 radical (unpaired) electrons. The number of amides is 5. The van der Waals surface area contributed by atoms with Crippen molar-refractivity contribution < 1.29 is 38.6 Å². The van der Waals surface area contributed by atoms with Gasteiger partial charge in [0.15, 0.2) is 6.04 Å². The Labute approximate surface area is 313 Å². The predicted octanol–water partition coefficient (Wildman–Crippen LogP) is 1.59. The zero-order valence-corrected chi connectivity index (χ0v) is 32.1. The highest BCUT2D eigenvalue weighted by Crippen LogP contribution is 2.22. The van der Waals surface area contributed by atoms with Crippen molar-refractivity contribution in [3.8, 4) is 0 Å². The van der Waals surface area contributed by atoms with E-state index in [1.807, 2.05) is 42.5 Å². The van der Waals surface area contributed by atoms with E-state index in [0.29, 0.717) is 12.0 Å². The van der Waals surface area contributed by atoms with Gasteiger partial charge in [0.1, 0.15) is 18.1 Å². The van der Waals surface area contributed by atoms with Crippen LogP contribution in [0.15, 0.2) is 54.6 Å². The molecule has 0 saturated heterocycles. The van der Waals surface area contributed by atoms with Crippen molar-refractivity contribution in [1.82, 2.24) is 31.5 Å². The molecule has 2 aromatic carbocycles. The van der Waals surface area contributed by atoms with Gasteiger partial charge >= 0.3 is 5.97 Å². The van der Waals surface area contributed by atoms with Gasteiger partial charge in [0.25, 0.3) is 5.91 Å². The van der Waals surface area contributed by atoms with Gasteiger partial charge in [-0.25, -0.2) is 4.79 Å². The average Bonchev–Trinajstić information content (AvgIpc) is 3.14. The fourth-order valence-electron chi connectivity index (χ4n) is 5.45. The minimum atomic E-state index is -1.31. The number of aliphatic hydroxyl groups is 1. The molecule has 292 valence electrons. The summed E-state index contributed by atoms with van der Waals surface area (Å²) in [5, 5.41) is 22.5. The Balaban J connectivity index is 2.06. The maximum Gasteiger partial charge on any atom is 0.330 e. The molecule has 6 N–H and O–H groups in total. The Morgan fingerprint density at radius 1 is 0.774 bits per heavy atom. The van der Waals surface area contributed by atoms with Crippen molar-refractivity contribution in [2.45, 2.75) is 96.8 Å². The number of hydrogen-bond acceptors (Lipinski definition) is 9. The normalized spacial score (nSPS) is 13.5. The van der Waals surface area contributed by atoms with Gasteiger partial charge in [-0.3, -0.25) is 24.0 Å². The summed E-state index contributed by atoms with van der Waals surface area (Å²) in [5.41, 5.74) is 2.14. The molecule has 5 amide bonds. The van der Waals surface area contributed by atoms with Crippen LogP contribution in [0.25, 0.3) is 0 Å². The molecule has 2 aromatic rings. The third-order valence-electron chi connectivity index (χ3n) is 8.84. The Hall–Kier alpha value is -4.82. The molecule has 2 unspecified atom stereocenters. The molecular weight excluding hydrogens is 680 g/mol. The largest absolute Gasteiger partial charge is 0.467 e. The SMILES string of the molecule is CCN(CC)CCCC[C@H](NC(=O)CNC(=O)[C@H](C)NC(=O)C(Cc1ccccc1)NC(=O)c1ccc(C(C)(C)C)cc1)C(=O)NC(CO)C(=O)OC. The first-order valence-corrected chi connectivity index (χ1v) is 18.2. The highest BCUT2D eigenvalue weighted by Gasteiger charge is 2.28. The Morgan fingerprint density at radius 2 is 1.40 bits per heavy atom. The smallest absolute Gasteiger partial charge is 0.330 e. The monoisotopic (exact) mass is 738 g/mol. The Kier molecular flexibility index (Phi) is 18.7. The number of nitrogens with zero attached hydrogens (tertiary/aromatic N) is 1. The van der Waals surface area contributed by atoms with Crippen LogP contribution >= 0.6 is 0 Å². The summed E-state index contributed by atoms with van der Waals surface area (Å²) < 4.78 is 4.62. The molecule has 14 nitrogen and oxygen atoms in total. The molecule has 0 fully saturated rings. The third-order valence-corrected chi connectivity index (χ3v) is 8.84. The molecule has 0 aromatic heterocycles. The second-order valence-corrected chi connectivity index (χ2v) is 13.9. The first-order valence-electron chi connectivity index (χ1n) is 18.2. The molecule has 0 aliphatic heterocycles. The van der Waals surface area contributed by atoms with E-state index in [1.54, 1.807) is 12.1 Å². The number of carbonyl (C=O) groups excluding carboxylic acids is 6. The van der Waals surface area contributed by atoms with E-state index in [0.717, 1.165) is 44.3 Å². The lowest BCUT2D eigenvalue weighted by molar-refractivity contribution is -0.146. The van der Waals surface area contributed by atoms with E-state index in [-0.39, 0.29) is 18.3 Å². The van der Waals surface area contributed by atoms with Crippen LogP contribution in [0.1, 0.15) is 82.3 Å². The van der Waals surface area contributed by atoms with Crippen molar-refractivity contribution in [3.63, 3.8) is 0 Å². The van der Waals surface area contributed by atoms with Gasteiger partial charge < -0.3 is 41.3 Å². The van der Waals surface area contributed by atoms with Gasteiger partial charge in [-0.1, -0.05) is 77.1 Å². The number of esters is 1.